The van der Waals surface area contributed by atoms with Gasteiger partial charge in [0.2, 0.25) is 0 Å². The van der Waals surface area contributed by atoms with Gasteiger partial charge >= 0.3 is 6.03 Å². The Morgan fingerprint density at radius 3 is 2.56 bits per heavy atom. The van der Waals surface area contributed by atoms with Crippen LogP contribution >= 0.6 is 23.2 Å². The highest BCUT2D eigenvalue weighted by atomic mass is 35.5. The van der Waals surface area contributed by atoms with Gasteiger partial charge in [0.05, 0.1) is 23.2 Å². The van der Waals surface area contributed by atoms with Gasteiger partial charge in [-0.2, -0.15) is 5.26 Å². The van der Waals surface area contributed by atoms with Crippen LogP contribution in [0.2, 0.25) is 10.0 Å². The zero-order valence-corrected chi connectivity index (χ0v) is 15.8. The zero-order valence-electron chi connectivity index (χ0n) is 14.3. The third-order valence-corrected chi connectivity index (χ3v) is 4.88. The Hall–Kier alpha value is -2.75. The van der Waals surface area contributed by atoms with Crippen molar-refractivity contribution in [1.82, 2.24) is 10.2 Å². The quantitative estimate of drug-likeness (QED) is 0.771. The summed E-state index contributed by atoms with van der Waals surface area (Å²) in [5, 5.41) is 12.5. The number of ether oxygens (including phenoxy) is 1. The topological polar surface area (TPSA) is 82.4 Å². The number of nitriles is 1. The number of halogens is 2. The smallest absolute Gasteiger partial charge is 0.325 e. The Morgan fingerprint density at radius 2 is 1.89 bits per heavy atom. The van der Waals surface area contributed by atoms with E-state index in [1.165, 1.54) is 0 Å². The predicted octanol–water partition coefficient (Wildman–Crippen LogP) is 3.71. The SMILES string of the molecule is CC1(c2ccc(C#N)cc2)NC(=O)N(CCOc2cc(Cl)ccc2Cl)C1=O. The molecule has 3 rings (SSSR count). The minimum Gasteiger partial charge on any atom is -0.490 e. The maximum absolute atomic E-state index is 12.8. The van der Waals surface area contributed by atoms with Crippen molar-refractivity contribution in [1.29, 1.82) is 5.26 Å². The number of carbonyl (C=O) groups is 2. The summed E-state index contributed by atoms with van der Waals surface area (Å²) in [5.74, 6) is -0.0101. The van der Waals surface area contributed by atoms with Crippen LogP contribution in [0, 0.1) is 11.3 Å². The first-order chi connectivity index (χ1) is 12.8. The van der Waals surface area contributed by atoms with Crippen molar-refractivity contribution in [2.24, 2.45) is 0 Å². The van der Waals surface area contributed by atoms with Crippen molar-refractivity contribution in [2.75, 3.05) is 13.2 Å². The van der Waals surface area contributed by atoms with Crippen LogP contribution in [-0.4, -0.2) is 30.0 Å². The Morgan fingerprint density at radius 1 is 1.19 bits per heavy atom. The number of imide groups is 1. The van der Waals surface area contributed by atoms with E-state index in [1.807, 2.05) is 6.07 Å². The van der Waals surface area contributed by atoms with Crippen LogP contribution in [-0.2, 0) is 10.3 Å². The Kier molecular flexibility index (Phi) is 5.26. The number of carbonyl (C=O) groups excluding carboxylic acids is 2. The molecule has 0 saturated carbocycles. The highest BCUT2D eigenvalue weighted by molar-refractivity contribution is 6.34. The molecule has 1 unspecified atom stereocenters. The molecule has 1 saturated heterocycles. The molecule has 1 heterocycles. The molecule has 0 radical (unpaired) electrons. The minimum atomic E-state index is -1.20. The number of rotatable bonds is 5. The number of hydrogen-bond donors (Lipinski definition) is 1. The number of benzene rings is 2. The molecule has 3 amide bonds. The lowest BCUT2D eigenvalue weighted by atomic mass is 9.91. The normalized spacial score (nSPS) is 19.0. The molecule has 0 bridgehead atoms. The largest absolute Gasteiger partial charge is 0.490 e. The first kappa shape index (κ1) is 19.0. The van der Waals surface area contributed by atoms with Crippen LogP contribution in [0.4, 0.5) is 4.79 Å². The summed E-state index contributed by atoms with van der Waals surface area (Å²) in [6, 6.07) is 12.8. The summed E-state index contributed by atoms with van der Waals surface area (Å²) in [5.41, 5.74) is -0.123. The molecule has 27 heavy (non-hydrogen) atoms. The zero-order chi connectivity index (χ0) is 19.6. The van der Waals surface area contributed by atoms with Gasteiger partial charge in [-0.05, 0) is 36.8 Å². The predicted molar refractivity (Wildman–Crippen MR) is 101 cm³/mol. The Bertz CT molecular complexity index is 940. The van der Waals surface area contributed by atoms with Crippen molar-refractivity contribution in [3.05, 3.63) is 63.6 Å². The van der Waals surface area contributed by atoms with Crippen molar-refractivity contribution in [3.63, 3.8) is 0 Å². The van der Waals surface area contributed by atoms with Crippen LogP contribution in [0.15, 0.2) is 42.5 Å². The molecule has 0 spiro atoms. The van der Waals surface area contributed by atoms with Gasteiger partial charge in [0.15, 0.2) is 0 Å². The lowest BCUT2D eigenvalue weighted by Crippen LogP contribution is -2.41. The van der Waals surface area contributed by atoms with Crippen LogP contribution in [0.1, 0.15) is 18.1 Å². The van der Waals surface area contributed by atoms with Crippen molar-refractivity contribution < 1.29 is 14.3 Å². The lowest BCUT2D eigenvalue weighted by Gasteiger charge is -2.22. The molecule has 138 valence electrons. The van der Waals surface area contributed by atoms with Crippen molar-refractivity contribution in [2.45, 2.75) is 12.5 Å². The van der Waals surface area contributed by atoms with Crippen LogP contribution < -0.4 is 10.1 Å². The second-order valence-electron chi connectivity index (χ2n) is 6.12. The summed E-state index contributed by atoms with van der Waals surface area (Å²) < 4.78 is 5.55. The fraction of sp³-hybridized carbons (Fsp3) is 0.211. The average molecular weight is 404 g/mol. The second-order valence-corrected chi connectivity index (χ2v) is 6.97. The van der Waals surface area contributed by atoms with Crippen LogP contribution in [0.3, 0.4) is 0 Å². The van der Waals surface area contributed by atoms with Gasteiger partial charge in [-0.3, -0.25) is 9.69 Å². The van der Waals surface area contributed by atoms with Gasteiger partial charge in [-0.15, -0.1) is 0 Å². The number of urea groups is 1. The highest BCUT2D eigenvalue weighted by Gasteiger charge is 2.48. The van der Waals surface area contributed by atoms with E-state index >= 15 is 0 Å². The number of hydrogen-bond acceptors (Lipinski definition) is 4. The summed E-state index contributed by atoms with van der Waals surface area (Å²) in [7, 11) is 0. The molecule has 2 aromatic carbocycles. The minimum absolute atomic E-state index is 0.0549. The van der Waals surface area contributed by atoms with Crippen molar-refractivity contribution >= 4 is 35.1 Å². The van der Waals surface area contributed by atoms with Crippen molar-refractivity contribution in [3.8, 4) is 11.8 Å². The first-order valence-electron chi connectivity index (χ1n) is 8.08. The van der Waals surface area contributed by atoms with E-state index in [4.69, 9.17) is 33.2 Å². The summed E-state index contributed by atoms with van der Waals surface area (Å²) in [6.45, 7) is 1.76. The standard InChI is InChI=1S/C19H15Cl2N3O3/c1-19(13-4-2-12(11-22)3-5-13)17(25)24(18(26)23-19)8-9-27-16-10-14(20)6-7-15(16)21/h2-7,10H,8-9H2,1H3,(H,23,26). The molecule has 2 aromatic rings. The third kappa shape index (κ3) is 3.70. The van der Waals surface area contributed by atoms with Gasteiger partial charge < -0.3 is 10.1 Å². The molecule has 1 aliphatic rings. The molecule has 6 nitrogen and oxygen atoms in total. The van der Waals surface area contributed by atoms with E-state index in [1.54, 1.807) is 49.4 Å². The van der Waals surface area contributed by atoms with Gasteiger partial charge in [-0.25, -0.2) is 4.79 Å². The molecule has 1 atom stereocenters. The molecular weight excluding hydrogens is 389 g/mol. The number of nitrogens with one attached hydrogen (secondary N) is 1. The maximum Gasteiger partial charge on any atom is 0.325 e. The molecule has 0 aliphatic carbocycles. The van der Waals surface area contributed by atoms with Gasteiger partial charge in [0, 0.05) is 11.1 Å². The fourth-order valence-corrected chi connectivity index (χ4v) is 3.14. The fourth-order valence-electron chi connectivity index (χ4n) is 2.81. The first-order valence-corrected chi connectivity index (χ1v) is 8.83. The van der Waals surface area contributed by atoms with E-state index in [9.17, 15) is 9.59 Å². The van der Waals surface area contributed by atoms with E-state index < -0.39 is 17.5 Å². The molecular formula is C19H15Cl2N3O3. The molecule has 1 aliphatic heterocycles. The summed E-state index contributed by atoms with van der Waals surface area (Å²) in [4.78, 5) is 26.2. The molecule has 0 aromatic heterocycles. The second kappa shape index (κ2) is 7.47. The maximum atomic E-state index is 12.8. The van der Waals surface area contributed by atoms with Gasteiger partial charge in [-0.1, -0.05) is 35.3 Å². The Balaban J connectivity index is 1.70. The molecule has 1 fully saturated rings. The van der Waals surface area contributed by atoms with Crippen LogP contribution in [0.5, 0.6) is 5.75 Å². The van der Waals surface area contributed by atoms with E-state index in [2.05, 4.69) is 5.32 Å². The van der Waals surface area contributed by atoms with Gasteiger partial charge in [0.1, 0.15) is 17.9 Å². The highest BCUT2D eigenvalue weighted by Crippen LogP contribution is 2.30. The third-order valence-electron chi connectivity index (χ3n) is 4.33. The average Bonchev–Trinajstić information content (AvgIpc) is 2.88. The summed E-state index contributed by atoms with van der Waals surface area (Å²) >= 11 is 11.9. The van der Waals surface area contributed by atoms with E-state index in [0.717, 1.165) is 4.90 Å². The van der Waals surface area contributed by atoms with E-state index in [-0.39, 0.29) is 13.2 Å². The molecule has 8 heteroatoms. The summed E-state index contributed by atoms with van der Waals surface area (Å²) in [6.07, 6.45) is 0. The van der Waals surface area contributed by atoms with E-state index in [0.29, 0.717) is 26.9 Å². The van der Waals surface area contributed by atoms with Crippen LogP contribution in [0.25, 0.3) is 0 Å². The lowest BCUT2D eigenvalue weighted by molar-refractivity contribution is -0.131. The number of amides is 3. The molecule has 1 N–H and O–H groups in total. The number of nitrogens with zero attached hydrogens (tertiary/aromatic N) is 2. The van der Waals surface area contributed by atoms with Gasteiger partial charge in [0.25, 0.3) is 5.91 Å². The monoisotopic (exact) mass is 403 g/mol. The Labute approximate surface area is 166 Å².